The minimum absolute atomic E-state index is 0.284. The standard InChI is InChI=1S/C29H33BFNO3S/c1-19(2)25(17-26-20(3)16-27(33-26)22-10-14-24(31)15-11-22)32(36)18-21-8-12-23(13-9-21)30-34-28(4,5)29(6,7)35-30/h8-17,36H,3,18H2,1-2,4-7H3/b26-17+. The fourth-order valence-electron chi connectivity index (χ4n) is 3.94. The van der Waals surface area contributed by atoms with E-state index in [2.05, 4.69) is 46.4 Å². The molecule has 1 saturated heterocycles. The van der Waals surface area contributed by atoms with E-state index in [0.717, 1.165) is 33.1 Å². The molecule has 0 spiro atoms. The molecule has 4 nitrogen and oxygen atoms in total. The average molecular weight is 505 g/mol. The predicted molar refractivity (Wildman–Crippen MR) is 148 cm³/mol. The van der Waals surface area contributed by atoms with Gasteiger partial charge in [-0.2, -0.15) is 0 Å². The van der Waals surface area contributed by atoms with Crippen molar-refractivity contribution in [1.82, 2.24) is 4.31 Å². The van der Waals surface area contributed by atoms with Gasteiger partial charge in [-0.15, -0.1) is 0 Å². The number of hydrogen-bond donors (Lipinski definition) is 1. The Morgan fingerprint density at radius 3 is 2.14 bits per heavy atom. The molecule has 36 heavy (non-hydrogen) atoms. The van der Waals surface area contributed by atoms with Gasteiger partial charge in [0.05, 0.1) is 17.7 Å². The summed E-state index contributed by atoms with van der Waals surface area (Å²) in [5.74, 6) is 0.358. The van der Waals surface area contributed by atoms with Crippen molar-refractivity contribution in [2.45, 2.75) is 59.3 Å². The molecule has 0 saturated carbocycles. The molecule has 0 bridgehead atoms. The van der Waals surface area contributed by atoms with E-state index in [4.69, 9.17) is 26.5 Å². The summed E-state index contributed by atoms with van der Waals surface area (Å²) in [6, 6.07) is 16.3. The molecule has 1 aromatic heterocycles. The van der Waals surface area contributed by atoms with Gasteiger partial charge in [-0.25, -0.2) is 4.39 Å². The summed E-state index contributed by atoms with van der Waals surface area (Å²) in [7, 11) is -0.387. The highest BCUT2D eigenvalue weighted by Gasteiger charge is 2.51. The molecule has 1 aliphatic heterocycles. The van der Waals surface area contributed by atoms with E-state index in [0.29, 0.717) is 17.7 Å². The first kappa shape index (κ1) is 26.3. The first-order chi connectivity index (χ1) is 16.9. The lowest BCUT2D eigenvalue weighted by molar-refractivity contribution is 0.00578. The highest BCUT2D eigenvalue weighted by atomic mass is 32.1. The van der Waals surface area contributed by atoms with E-state index in [1.54, 1.807) is 12.1 Å². The van der Waals surface area contributed by atoms with Crippen molar-refractivity contribution >= 4 is 38.1 Å². The maximum absolute atomic E-state index is 13.3. The zero-order chi connectivity index (χ0) is 26.3. The van der Waals surface area contributed by atoms with Gasteiger partial charge < -0.3 is 18.0 Å². The molecule has 0 N–H and O–H groups in total. The third-order valence-electron chi connectivity index (χ3n) is 6.87. The Balaban J connectivity index is 1.52. The van der Waals surface area contributed by atoms with Gasteiger partial charge in [-0.1, -0.05) is 49.2 Å². The highest BCUT2D eigenvalue weighted by molar-refractivity contribution is 7.77. The molecule has 7 heteroatoms. The number of halogens is 1. The Morgan fingerprint density at radius 1 is 1.00 bits per heavy atom. The van der Waals surface area contributed by atoms with Crippen LogP contribution < -0.4 is 16.1 Å². The van der Waals surface area contributed by atoms with Crippen molar-refractivity contribution in [1.29, 1.82) is 0 Å². The van der Waals surface area contributed by atoms with Crippen LogP contribution in [0.25, 0.3) is 24.0 Å². The summed E-state index contributed by atoms with van der Waals surface area (Å²) in [6.07, 6.45) is 1.94. The SMILES string of the molecule is C=c1cc(-c2ccc(F)cc2)o/c1=C/C(=C(C)C)N(S)Cc1ccc(B2OC(C)(C)C(C)(C)O2)cc1. The van der Waals surface area contributed by atoms with Crippen molar-refractivity contribution in [3.8, 4) is 11.3 Å². The van der Waals surface area contributed by atoms with E-state index in [1.165, 1.54) is 12.1 Å². The molecule has 2 aromatic carbocycles. The number of benzene rings is 2. The zero-order valence-corrected chi connectivity index (χ0v) is 22.7. The second kappa shape index (κ2) is 9.96. The Morgan fingerprint density at radius 2 is 1.58 bits per heavy atom. The van der Waals surface area contributed by atoms with Gasteiger partial charge in [0.15, 0.2) is 0 Å². The lowest BCUT2D eigenvalue weighted by atomic mass is 9.79. The third kappa shape index (κ3) is 5.48. The second-order valence-electron chi connectivity index (χ2n) is 10.4. The Bertz CT molecular complexity index is 1360. The van der Waals surface area contributed by atoms with Crippen LogP contribution >= 0.6 is 12.8 Å². The average Bonchev–Trinajstić information content (AvgIpc) is 3.27. The number of nitrogens with zero attached hydrogens (tertiary/aromatic N) is 1. The quantitative estimate of drug-likeness (QED) is 0.368. The van der Waals surface area contributed by atoms with Crippen LogP contribution in [0, 0.1) is 5.82 Å². The van der Waals surface area contributed by atoms with Crippen molar-refractivity contribution in [2.24, 2.45) is 0 Å². The molecule has 3 aromatic rings. The molecule has 188 valence electrons. The Hall–Kier alpha value is -2.74. The molecule has 0 atom stereocenters. The molecular formula is C29H33BFNO3S. The van der Waals surface area contributed by atoms with Gasteiger partial charge in [0.25, 0.3) is 0 Å². The minimum atomic E-state index is -0.387. The van der Waals surface area contributed by atoms with Gasteiger partial charge in [0.2, 0.25) is 0 Å². The summed E-state index contributed by atoms with van der Waals surface area (Å²) in [6.45, 7) is 17.0. The van der Waals surface area contributed by atoms with Crippen LogP contribution in [0.5, 0.6) is 0 Å². The largest absolute Gasteiger partial charge is 0.494 e. The lowest BCUT2D eigenvalue weighted by Gasteiger charge is -2.32. The monoisotopic (exact) mass is 505 g/mol. The first-order valence-corrected chi connectivity index (χ1v) is 12.4. The van der Waals surface area contributed by atoms with E-state index < -0.39 is 0 Å². The number of hydrogen-bond acceptors (Lipinski definition) is 5. The lowest BCUT2D eigenvalue weighted by Crippen LogP contribution is -2.41. The normalized spacial score (nSPS) is 16.9. The summed E-state index contributed by atoms with van der Waals surface area (Å²) >= 11 is 4.78. The van der Waals surface area contributed by atoms with Crippen LogP contribution in [0.4, 0.5) is 4.39 Å². The minimum Gasteiger partial charge on any atom is -0.456 e. The number of allylic oxidation sites excluding steroid dienone is 2. The van der Waals surface area contributed by atoms with Gasteiger partial charge in [0, 0.05) is 22.6 Å². The van der Waals surface area contributed by atoms with Crippen LogP contribution in [0.3, 0.4) is 0 Å². The number of rotatable bonds is 6. The molecule has 1 fully saturated rings. The number of thiol groups is 1. The van der Waals surface area contributed by atoms with Gasteiger partial charge in [0.1, 0.15) is 17.0 Å². The van der Waals surface area contributed by atoms with E-state index >= 15 is 0 Å². The van der Waals surface area contributed by atoms with Gasteiger partial charge >= 0.3 is 7.12 Å². The second-order valence-corrected chi connectivity index (χ2v) is 10.9. The van der Waals surface area contributed by atoms with Crippen molar-refractivity contribution in [3.05, 3.63) is 87.9 Å². The number of furan rings is 1. The molecule has 0 radical (unpaired) electrons. The fourth-order valence-corrected chi connectivity index (χ4v) is 4.36. The molecule has 0 aliphatic carbocycles. The summed E-state index contributed by atoms with van der Waals surface area (Å²) < 4.78 is 33.6. The molecule has 0 unspecified atom stereocenters. The maximum Gasteiger partial charge on any atom is 0.494 e. The molecule has 0 amide bonds. The van der Waals surface area contributed by atoms with E-state index in [-0.39, 0.29) is 24.1 Å². The van der Waals surface area contributed by atoms with Crippen LogP contribution in [0.15, 0.2) is 70.3 Å². The first-order valence-electron chi connectivity index (χ1n) is 12.0. The van der Waals surface area contributed by atoms with Crippen LogP contribution in [-0.2, 0) is 15.9 Å². The molecule has 4 rings (SSSR count). The van der Waals surface area contributed by atoms with Crippen LogP contribution in [0.2, 0.25) is 0 Å². The van der Waals surface area contributed by atoms with Gasteiger partial charge in [-0.05, 0) is 82.9 Å². The van der Waals surface area contributed by atoms with Gasteiger partial charge in [-0.3, -0.25) is 0 Å². The van der Waals surface area contributed by atoms with Crippen LogP contribution in [-0.4, -0.2) is 22.6 Å². The summed E-state index contributed by atoms with van der Waals surface area (Å²) in [4.78, 5) is 0. The topological polar surface area (TPSA) is 34.8 Å². The fraction of sp³-hybridized carbons (Fsp3) is 0.310. The van der Waals surface area contributed by atoms with Crippen LogP contribution in [0.1, 0.15) is 47.1 Å². The van der Waals surface area contributed by atoms with Crippen molar-refractivity contribution in [2.75, 3.05) is 0 Å². The van der Waals surface area contributed by atoms with Crippen molar-refractivity contribution < 1.29 is 18.1 Å². The third-order valence-corrected chi connectivity index (χ3v) is 7.22. The maximum atomic E-state index is 13.3. The smallest absolute Gasteiger partial charge is 0.456 e. The highest BCUT2D eigenvalue weighted by Crippen LogP contribution is 2.36. The molecular weight excluding hydrogens is 472 g/mol. The van der Waals surface area contributed by atoms with E-state index in [1.807, 2.05) is 42.4 Å². The summed E-state index contributed by atoms with van der Waals surface area (Å²) in [5.41, 5.74) is 4.77. The predicted octanol–water partition coefficient (Wildman–Crippen LogP) is 5.22. The summed E-state index contributed by atoms with van der Waals surface area (Å²) in [5, 5.41) is 0.751. The Kier molecular flexibility index (Phi) is 7.29. The molecule has 2 heterocycles. The van der Waals surface area contributed by atoms with E-state index in [9.17, 15) is 4.39 Å². The zero-order valence-electron chi connectivity index (χ0n) is 21.8. The Labute approximate surface area is 218 Å². The van der Waals surface area contributed by atoms with Crippen molar-refractivity contribution in [3.63, 3.8) is 0 Å². The molecule has 1 aliphatic rings.